The quantitative estimate of drug-likeness (QED) is 0.427. The molecule has 0 aliphatic rings. The van der Waals surface area contributed by atoms with Crippen molar-refractivity contribution in [3.63, 3.8) is 0 Å². The zero-order chi connectivity index (χ0) is 19.7. The highest BCUT2D eigenvalue weighted by molar-refractivity contribution is 6.01. The zero-order valence-electron chi connectivity index (χ0n) is 15.5. The van der Waals surface area contributed by atoms with Gasteiger partial charge in [0.05, 0.1) is 5.60 Å². The summed E-state index contributed by atoms with van der Waals surface area (Å²) < 4.78 is 0. The lowest BCUT2D eigenvalue weighted by atomic mass is 9.96. The molecular formula is C20H20N6O2. The van der Waals surface area contributed by atoms with Crippen LogP contribution in [0.5, 0.6) is 0 Å². The number of aromatic amines is 2. The molecule has 0 atom stereocenters. The molecule has 1 amide bonds. The molecule has 0 aliphatic carbocycles. The number of tetrazole rings is 1. The Hall–Kier alpha value is -3.52. The molecule has 0 unspecified atom stereocenters. The van der Waals surface area contributed by atoms with E-state index in [4.69, 9.17) is 0 Å². The van der Waals surface area contributed by atoms with E-state index in [0.717, 1.165) is 27.6 Å². The van der Waals surface area contributed by atoms with Crippen LogP contribution in [0.4, 0.5) is 0 Å². The third kappa shape index (κ3) is 3.49. The SMILES string of the molecule is CC(C)(O)c1cccc(CNC(=O)c2ccc3c(-c4nn[nH]n4)c[nH]c3c2)c1. The van der Waals surface area contributed by atoms with Gasteiger partial charge in [-0.2, -0.15) is 5.21 Å². The minimum absolute atomic E-state index is 0.175. The molecule has 142 valence electrons. The van der Waals surface area contributed by atoms with E-state index in [1.54, 1.807) is 32.2 Å². The van der Waals surface area contributed by atoms with Gasteiger partial charge in [0.1, 0.15) is 0 Å². The number of H-pyrrole nitrogens is 2. The molecular weight excluding hydrogens is 356 g/mol. The van der Waals surface area contributed by atoms with Crippen molar-refractivity contribution >= 4 is 16.8 Å². The number of benzene rings is 2. The number of aromatic nitrogens is 5. The standard InChI is InChI=1S/C20H20N6O2/c1-20(2,28)14-5-3-4-12(8-14)10-22-19(27)13-6-7-15-16(11-21-17(15)9-13)18-23-25-26-24-18/h3-9,11,21,28H,10H2,1-2H3,(H,22,27)(H,23,24,25,26). The fraction of sp³-hybridized carbons (Fsp3) is 0.200. The normalized spacial score (nSPS) is 11.7. The molecule has 0 aliphatic heterocycles. The van der Waals surface area contributed by atoms with Gasteiger partial charge in [0.25, 0.3) is 5.91 Å². The molecule has 2 aromatic heterocycles. The largest absolute Gasteiger partial charge is 0.386 e. The van der Waals surface area contributed by atoms with E-state index >= 15 is 0 Å². The van der Waals surface area contributed by atoms with E-state index in [2.05, 4.69) is 30.9 Å². The average molecular weight is 376 g/mol. The summed E-state index contributed by atoms with van der Waals surface area (Å²) in [6, 6.07) is 13.0. The minimum atomic E-state index is -0.922. The summed E-state index contributed by atoms with van der Waals surface area (Å²) in [6.07, 6.45) is 1.79. The van der Waals surface area contributed by atoms with E-state index in [1.807, 2.05) is 30.3 Å². The smallest absolute Gasteiger partial charge is 0.251 e. The molecule has 0 fully saturated rings. The highest BCUT2D eigenvalue weighted by Gasteiger charge is 2.16. The molecule has 4 aromatic rings. The number of carbonyl (C=O) groups excluding carboxylic acids is 1. The monoisotopic (exact) mass is 376 g/mol. The van der Waals surface area contributed by atoms with Gasteiger partial charge in [-0.3, -0.25) is 4.79 Å². The van der Waals surface area contributed by atoms with Gasteiger partial charge in [-0.05, 0) is 42.3 Å². The topological polar surface area (TPSA) is 120 Å². The van der Waals surface area contributed by atoms with Crippen LogP contribution in [0, 0.1) is 0 Å². The molecule has 0 saturated carbocycles. The van der Waals surface area contributed by atoms with Crippen molar-refractivity contribution in [2.24, 2.45) is 0 Å². The van der Waals surface area contributed by atoms with Gasteiger partial charge in [0.15, 0.2) is 0 Å². The predicted octanol–water partition coefficient (Wildman–Crippen LogP) is 2.51. The second kappa shape index (κ2) is 6.90. The first-order valence-electron chi connectivity index (χ1n) is 8.87. The van der Waals surface area contributed by atoms with E-state index in [1.165, 1.54) is 0 Å². The van der Waals surface area contributed by atoms with Gasteiger partial charge < -0.3 is 15.4 Å². The van der Waals surface area contributed by atoms with Crippen LogP contribution < -0.4 is 5.32 Å². The number of nitrogens with one attached hydrogen (secondary N) is 3. The third-order valence-corrected chi connectivity index (χ3v) is 4.62. The van der Waals surface area contributed by atoms with Crippen molar-refractivity contribution in [3.05, 3.63) is 65.4 Å². The van der Waals surface area contributed by atoms with Gasteiger partial charge in [-0.1, -0.05) is 30.3 Å². The van der Waals surface area contributed by atoms with Crippen LogP contribution in [-0.2, 0) is 12.1 Å². The molecule has 8 heteroatoms. The molecule has 4 rings (SSSR count). The van der Waals surface area contributed by atoms with Crippen LogP contribution in [0.25, 0.3) is 22.3 Å². The Balaban J connectivity index is 1.50. The van der Waals surface area contributed by atoms with Crippen molar-refractivity contribution in [1.29, 1.82) is 0 Å². The highest BCUT2D eigenvalue weighted by atomic mass is 16.3. The Morgan fingerprint density at radius 2 is 2.07 bits per heavy atom. The molecule has 0 bridgehead atoms. The maximum atomic E-state index is 12.6. The molecule has 0 spiro atoms. The van der Waals surface area contributed by atoms with Gasteiger partial charge in [0.2, 0.25) is 5.82 Å². The summed E-state index contributed by atoms with van der Waals surface area (Å²) >= 11 is 0. The number of fused-ring (bicyclic) bond motifs is 1. The summed E-state index contributed by atoms with van der Waals surface area (Å²) in [4.78, 5) is 15.7. The van der Waals surface area contributed by atoms with E-state index in [9.17, 15) is 9.90 Å². The predicted molar refractivity (Wildman–Crippen MR) is 104 cm³/mol. The summed E-state index contributed by atoms with van der Waals surface area (Å²) in [7, 11) is 0. The number of hydrogen-bond donors (Lipinski definition) is 4. The molecule has 0 radical (unpaired) electrons. The van der Waals surface area contributed by atoms with Crippen LogP contribution in [0.15, 0.2) is 48.7 Å². The molecule has 2 heterocycles. The lowest BCUT2D eigenvalue weighted by molar-refractivity contribution is 0.0785. The van der Waals surface area contributed by atoms with Crippen molar-refractivity contribution in [1.82, 2.24) is 30.9 Å². The molecule has 0 saturated heterocycles. The van der Waals surface area contributed by atoms with Crippen molar-refractivity contribution < 1.29 is 9.90 Å². The Kier molecular flexibility index (Phi) is 4.40. The Labute approximate surface area is 161 Å². The molecule has 8 nitrogen and oxygen atoms in total. The number of hydrogen-bond acceptors (Lipinski definition) is 5. The Morgan fingerprint density at radius 1 is 1.21 bits per heavy atom. The first-order chi connectivity index (χ1) is 13.4. The summed E-state index contributed by atoms with van der Waals surface area (Å²) in [6.45, 7) is 3.85. The van der Waals surface area contributed by atoms with Crippen molar-refractivity contribution in [2.75, 3.05) is 0 Å². The van der Waals surface area contributed by atoms with Crippen LogP contribution in [-0.4, -0.2) is 36.6 Å². The maximum absolute atomic E-state index is 12.6. The summed E-state index contributed by atoms with van der Waals surface area (Å²) in [5, 5.41) is 28.0. The van der Waals surface area contributed by atoms with Crippen LogP contribution in [0.3, 0.4) is 0 Å². The van der Waals surface area contributed by atoms with Gasteiger partial charge >= 0.3 is 0 Å². The lowest BCUT2D eigenvalue weighted by Crippen LogP contribution is -2.23. The van der Waals surface area contributed by atoms with Gasteiger partial charge in [-0.25, -0.2) is 0 Å². The third-order valence-electron chi connectivity index (χ3n) is 4.62. The number of nitrogens with zero attached hydrogens (tertiary/aromatic N) is 3. The molecule has 4 N–H and O–H groups in total. The Bertz CT molecular complexity index is 1130. The average Bonchev–Trinajstić information content (AvgIpc) is 3.34. The number of aliphatic hydroxyl groups is 1. The van der Waals surface area contributed by atoms with E-state index in [0.29, 0.717) is 17.9 Å². The fourth-order valence-electron chi connectivity index (χ4n) is 3.07. The Morgan fingerprint density at radius 3 is 2.82 bits per heavy atom. The zero-order valence-corrected chi connectivity index (χ0v) is 15.5. The van der Waals surface area contributed by atoms with Crippen molar-refractivity contribution in [2.45, 2.75) is 26.0 Å². The van der Waals surface area contributed by atoms with Crippen molar-refractivity contribution in [3.8, 4) is 11.4 Å². The molecule has 2 aromatic carbocycles. The van der Waals surface area contributed by atoms with Crippen LogP contribution >= 0.6 is 0 Å². The van der Waals surface area contributed by atoms with Gasteiger partial charge in [-0.15, -0.1) is 10.2 Å². The maximum Gasteiger partial charge on any atom is 0.251 e. The number of carbonyl (C=O) groups is 1. The summed E-state index contributed by atoms with van der Waals surface area (Å²) in [5.74, 6) is 0.321. The van der Waals surface area contributed by atoms with E-state index in [-0.39, 0.29) is 5.91 Å². The molecule has 28 heavy (non-hydrogen) atoms. The summed E-state index contributed by atoms with van der Waals surface area (Å²) in [5.41, 5.74) is 2.99. The van der Waals surface area contributed by atoms with Crippen LogP contribution in [0.1, 0.15) is 35.3 Å². The first kappa shape index (κ1) is 17.9. The second-order valence-electron chi connectivity index (χ2n) is 7.14. The number of rotatable bonds is 5. The fourth-order valence-corrected chi connectivity index (χ4v) is 3.07. The first-order valence-corrected chi connectivity index (χ1v) is 8.87. The number of amides is 1. The highest BCUT2D eigenvalue weighted by Crippen LogP contribution is 2.26. The minimum Gasteiger partial charge on any atom is -0.386 e. The second-order valence-corrected chi connectivity index (χ2v) is 7.14. The lowest BCUT2D eigenvalue weighted by Gasteiger charge is -2.18. The van der Waals surface area contributed by atoms with Crippen LogP contribution in [0.2, 0.25) is 0 Å². The van der Waals surface area contributed by atoms with E-state index < -0.39 is 5.60 Å². The van der Waals surface area contributed by atoms with Gasteiger partial charge in [0, 0.05) is 34.8 Å².